The van der Waals surface area contributed by atoms with Crippen molar-refractivity contribution in [2.24, 2.45) is 0 Å². The van der Waals surface area contributed by atoms with Crippen molar-refractivity contribution in [2.75, 3.05) is 0 Å². The Balaban J connectivity index is 1.09. The summed E-state index contributed by atoms with van der Waals surface area (Å²) in [7, 11) is 0. The zero-order valence-corrected chi connectivity index (χ0v) is 46.3. The fourth-order valence-electron chi connectivity index (χ4n) is 13.2. The molecule has 402 valence electrons. The number of benzene rings is 12. The molecule has 7 heteroatoms. The molecule has 5 aromatic heterocycles. The van der Waals surface area contributed by atoms with Gasteiger partial charge in [0.1, 0.15) is 0 Å². The minimum absolute atomic E-state index is 0.404. The molecule has 0 fully saturated rings. The lowest BCUT2D eigenvalue weighted by Gasteiger charge is -2.23. The number of fused-ring (bicyclic) bond motifs is 10. The molecule has 17 rings (SSSR count). The van der Waals surface area contributed by atoms with Gasteiger partial charge >= 0.3 is 5.63 Å². The standard InChI is InChI=1S/C79H49N5O2/c85-75-47-64(66-48-65(53-28-12-4-13-29-53)80-79(81-66)54-30-14-5-15-31-54)76-77(84-69-37-21-18-34-60(69)63-46-57(40-43-72(63)84)52-26-10-3-11-27-52)73(82-67-35-19-16-32-58(67)61-44-55(38-41-70(61)82)50-22-6-1-7-23-50)49-74(78(76)86-75)83-68-36-20-17-33-59(68)62-45-56(39-42-71(62)83)51-24-8-2-9-25-51/h1-49H. The molecule has 0 saturated carbocycles. The summed E-state index contributed by atoms with van der Waals surface area (Å²) in [4.78, 5) is 26.0. The van der Waals surface area contributed by atoms with Gasteiger partial charge in [-0.05, 0) is 100 Å². The fraction of sp³-hybridized carbons (Fsp3) is 0. The highest BCUT2D eigenvalue weighted by molar-refractivity contribution is 6.18. The van der Waals surface area contributed by atoms with Crippen LogP contribution in [0.15, 0.2) is 306 Å². The SMILES string of the molecule is O=c1cc(-c2cc(-c3ccccc3)nc(-c3ccccc3)n2)c2c(-n3c4ccccc4c4cc(-c5ccccc5)ccc43)c(-n3c4ccccc4c4cc(-c5ccccc5)ccc43)cc(-n3c4ccccc4c4cc(-c5ccccc5)ccc43)c2o1. The number of hydrogen-bond acceptors (Lipinski definition) is 4. The van der Waals surface area contributed by atoms with E-state index < -0.39 is 5.63 Å². The summed E-state index contributed by atoms with van der Waals surface area (Å²) in [6.07, 6.45) is 0. The molecule has 0 amide bonds. The molecule has 0 radical (unpaired) electrons. The van der Waals surface area contributed by atoms with Gasteiger partial charge in [0.25, 0.3) is 0 Å². The molecule has 0 aliphatic rings. The molecule has 86 heavy (non-hydrogen) atoms. The molecular weight excluding hydrogens is 1050 g/mol. The van der Waals surface area contributed by atoms with Crippen LogP contribution in [0, 0.1) is 0 Å². The van der Waals surface area contributed by atoms with Crippen LogP contribution in [-0.2, 0) is 0 Å². The predicted molar refractivity (Wildman–Crippen MR) is 354 cm³/mol. The van der Waals surface area contributed by atoms with Gasteiger partial charge in [-0.25, -0.2) is 14.8 Å². The van der Waals surface area contributed by atoms with E-state index in [0.29, 0.717) is 39.4 Å². The van der Waals surface area contributed by atoms with Crippen molar-refractivity contribution in [2.45, 2.75) is 0 Å². The highest BCUT2D eigenvalue weighted by Crippen LogP contribution is 2.48. The van der Waals surface area contributed by atoms with Crippen LogP contribution in [0.25, 0.3) is 161 Å². The maximum absolute atomic E-state index is 15.2. The number of rotatable bonds is 9. The van der Waals surface area contributed by atoms with Gasteiger partial charge in [0.2, 0.25) is 0 Å². The minimum atomic E-state index is -0.513. The zero-order chi connectivity index (χ0) is 56.8. The van der Waals surface area contributed by atoms with E-state index >= 15 is 4.79 Å². The van der Waals surface area contributed by atoms with Crippen molar-refractivity contribution in [3.63, 3.8) is 0 Å². The van der Waals surface area contributed by atoms with Crippen LogP contribution >= 0.6 is 0 Å². The zero-order valence-electron chi connectivity index (χ0n) is 46.3. The molecule has 0 saturated heterocycles. The van der Waals surface area contributed by atoms with Gasteiger partial charge < -0.3 is 18.1 Å². The van der Waals surface area contributed by atoms with Crippen LogP contribution in [-0.4, -0.2) is 23.7 Å². The van der Waals surface area contributed by atoms with E-state index in [9.17, 15) is 0 Å². The second kappa shape index (κ2) is 19.8. The summed E-state index contributed by atoms with van der Waals surface area (Å²) < 4.78 is 14.1. The van der Waals surface area contributed by atoms with E-state index in [-0.39, 0.29) is 0 Å². The van der Waals surface area contributed by atoms with Crippen molar-refractivity contribution in [3.05, 3.63) is 308 Å². The number of hydrogen-bond donors (Lipinski definition) is 0. The largest absolute Gasteiger partial charge is 0.420 e. The van der Waals surface area contributed by atoms with E-state index in [4.69, 9.17) is 14.4 Å². The van der Waals surface area contributed by atoms with Crippen LogP contribution in [0.1, 0.15) is 0 Å². The van der Waals surface area contributed by atoms with Gasteiger partial charge in [0.05, 0.1) is 66.9 Å². The van der Waals surface area contributed by atoms with Gasteiger partial charge in [-0.15, -0.1) is 0 Å². The molecule has 0 N–H and O–H groups in total. The average molecular weight is 1100 g/mol. The molecule has 0 aliphatic heterocycles. The summed E-state index contributed by atoms with van der Waals surface area (Å²) in [6, 6.07) is 104. The second-order valence-corrected chi connectivity index (χ2v) is 22.0. The normalized spacial score (nSPS) is 11.8. The molecular formula is C79H49N5O2. The smallest absolute Gasteiger partial charge is 0.336 e. The van der Waals surface area contributed by atoms with Crippen molar-refractivity contribution < 1.29 is 4.42 Å². The number of aromatic nitrogens is 5. The van der Waals surface area contributed by atoms with Crippen LogP contribution in [0.3, 0.4) is 0 Å². The van der Waals surface area contributed by atoms with Crippen LogP contribution < -0.4 is 5.63 Å². The van der Waals surface area contributed by atoms with Gasteiger partial charge in [0, 0.05) is 55.1 Å². The molecule has 0 bridgehead atoms. The molecule has 12 aromatic carbocycles. The van der Waals surface area contributed by atoms with Crippen LogP contribution in [0.4, 0.5) is 0 Å². The quantitative estimate of drug-likeness (QED) is 0.135. The van der Waals surface area contributed by atoms with Crippen LogP contribution in [0.2, 0.25) is 0 Å². The third-order valence-corrected chi connectivity index (χ3v) is 17.1. The van der Waals surface area contributed by atoms with E-state index in [0.717, 1.165) is 121 Å². The average Bonchev–Trinajstić information content (AvgIpc) is 1.53. The van der Waals surface area contributed by atoms with Crippen molar-refractivity contribution in [3.8, 4) is 84.3 Å². The number of para-hydroxylation sites is 3. The molecule has 5 heterocycles. The fourth-order valence-corrected chi connectivity index (χ4v) is 13.2. The first-order valence-corrected chi connectivity index (χ1v) is 29.0. The highest BCUT2D eigenvalue weighted by Gasteiger charge is 2.30. The molecule has 17 aromatic rings. The Kier molecular flexibility index (Phi) is 11.3. The van der Waals surface area contributed by atoms with Crippen molar-refractivity contribution >= 4 is 76.4 Å². The summed E-state index contributed by atoms with van der Waals surface area (Å²) in [5.41, 5.74) is 18.5. The third-order valence-electron chi connectivity index (χ3n) is 17.1. The number of nitrogens with zero attached hydrogens (tertiary/aromatic N) is 5. The lowest BCUT2D eigenvalue weighted by Crippen LogP contribution is -2.11. The Hall–Kier alpha value is -11.7. The van der Waals surface area contributed by atoms with E-state index in [1.807, 2.05) is 54.6 Å². The Morgan fingerprint density at radius 2 is 0.651 bits per heavy atom. The first kappa shape index (κ1) is 49.0. The first-order valence-electron chi connectivity index (χ1n) is 29.0. The minimum Gasteiger partial charge on any atom is -0.420 e. The topological polar surface area (TPSA) is 70.8 Å². The van der Waals surface area contributed by atoms with E-state index in [1.165, 1.54) is 0 Å². The lowest BCUT2D eigenvalue weighted by atomic mass is 9.99. The maximum atomic E-state index is 15.2. The Morgan fingerprint density at radius 3 is 1.13 bits per heavy atom. The maximum Gasteiger partial charge on any atom is 0.336 e. The van der Waals surface area contributed by atoms with Gasteiger partial charge in [-0.2, -0.15) is 0 Å². The molecule has 0 unspecified atom stereocenters. The molecule has 7 nitrogen and oxygen atoms in total. The van der Waals surface area contributed by atoms with Gasteiger partial charge in [-0.1, -0.05) is 224 Å². The highest BCUT2D eigenvalue weighted by atomic mass is 16.4. The van der Waals surface area contributed by atoms with E-state index in [2.05, 4.69) is 250 Å². The monoisotopic (exact) mass is 1100 g/mol. The first-order chi connectivity index (χ1) is 42.6. The lowest BCUT2D eigenvalue weighted by molar-refractivity contribution is 0.560. The second-order valence-electron chi connectivity index (χ2n) is 22.0. The summed E-state index contributed by atoms with van der Waals surface area (Å²) in [5, 5.41) is 7.19. The Bertz CT molecular complexity index is 5530. The molecule has 0 aliphatic carbocycles. The molecule has 0 spiro atoms. The van der Waals surface area contributed by atoms with Gasteiger partial charge in [0.15, 0.2) is 11.4 Å². The summed E-state index contributed by atoms with van der Waals surface area (Å²) in [5.74, 6) is 0.528. The van der Waals surface area contributed by atoms with Crippen LogP contribution in [0.5, 0.6) is 0 Å². The van der Waals surface area contributed by atoms with E-state index in [1.54, 1.807) is 6.07 Å². The van der Waals surface area contributed by atoms with Crippen molar-refractivity contribution in [1.82, 2.24) is 23.7 Å². The Labute approximate surface area is 493 Å². The third kappa shape index (κ3) is 7.86. The summed E-state index contributed by atoms with van der Waals surface area (Å²) in [6.45, 7) is 0. The molecule has 0 atom stereocenters. The van der Waals surface area contributed by atoms with Gasteiger partial charge in [-0.3, -0.25) is 0 Å². The predicted octanol–water partition coefficient (Wildman–Crippen LogP) is 19.9. The Morgan fingerprint density at radius 1 is 0.279 bits per heavy atom. The van der Waals surface area contributed by atoms with Crippen molar-refractivity contribution in [1.29, 1.82) is 0 Å². The summed E-state index contributed by atoms with van der Waals surface area (Å²) >= 11 is 0.